The molecule has 0 bridgehead atoms. The molecule has 0 radical (unpaired) electrons. The van der Waals surface area contributed by atoms with Crippen molar-refractivity contribution in [3.63, 3.8) is 0 Å². The molecule has 0 saturated heterocycles. The van der Waals surface area contributed by atoms with E-state index in [0.29, 0.717) is 6.54 Å². The van der Waals surface area contributed by atoms with Crippen LogP contribution in [0.4, 0.5) is 0 Å². The molecule has 2 unspecified atom stereocenters. The lowest BCUT2D eigenvalue weighted by molar-refractivity contribution is -0.121. The molecule has 1 saturated carbocycles. The summed E-state index contributed by atoms with van der Waals surface area (Å²) in [5.41, 5.74) is 0.154. The molecule has 17 heavy (non-hydrogen) atoms. The molecule has 2 N–H and O–H groups in total. The van der Waals surface area contributed by atoms with Crippen LogP contribution in [0.3, 0.4) is 0 Å². The van der Waals surface area contributed by atoms with Crippen molar-refractivity contribution in [2.45, 2.75) is 38.1 Å². The van der Waals surface area contributed by atoms with Crippen molar-refractivity contribution in [1.82, 2.24) is 15.5 Å². The van der Waals surface area contributed by atoms with Crippen LogP contribution in [0.5, 0.6) is 0 Å². The van der Waals surface area contributed by atoms with Gasteiger partial charge in [0.1, 0.15) is 0 Å². The third-order valence-corrected chi connectivity index (χ3v) is 3.97. The van der Waals surface area contributed by atoms with Crippen LogP contribution in [0, 0.1) is 5.92 Å². The summed E-state index contributed by atoms with van der Waals surface area (Å²) in [5.74, 6) is 0.847. The van der Waals surface area contributed by atoms with E-state index in [1.165, 1.54) is 25.7 Å². The second-order valence-corrected chi connectivity index (χ2v) is 5.63. The predicted octanol–water partition coefficient (Wildman–Crippen LogP) is 0.833. The summed E-state index contributed by atoms with van der Waals surface area (Å²) >= 11 is 0. The second kappa shape index (κ2) is 6.36. The number of hydrogen-bond acceptors (Lipinski definition) is 3. The predicted molar refractivity (Wildman–Crippen MR) is 71.0 cm³/mol. The minimum Gasteiger partial charge on any atom is -0.353 e. The Morgan fingerprint density at radius 3 is 2.71 bits per heavy atom. The first kappa shape index (κ1) is 14.5. The molecule has 4 heteroatoms. The number of amides is 1. The average molecular weight is 241 g/mol. The molecule has 0 aliphatic heterocycles. The summed E-state index contributed by atoms with van der Waals surface area (Å²) in [6.07, 6.45) is 4.95. The lowest BCUT2D eigenvalue weighted by atomic mass is 9.75. The lowest BCUT2D eigenvalue weighted by Crippen LogP contribution is -2.55. The van der Waals surface area contributed by atoms with Gasteiger partial charge in [0.15, 0.2) is 0 Å². The van der Waals surface area contributed by atoms with Crippen LogP contribution in [-0.4, -0.2) is 50.6 Å². The number of rotatable bonds is 5. The fourth-order valence-electron chi connectivity index (χ4n) is 2.84. The summed E-state index contributed by atoms with van der Waals surface area (Å²) in [5, 5.41) is 5.93. The minimum atomic E-state index is 0.0898. The molecule has 0 aromatic rings. The van der Waals surface area contributed by atoms with Crippen molar-refractivity contribution in [2.24, 2.45) is 5.92 Å². The standard InChI is InChI=1S/C13H27N3O/c1-11-6-5-7-13(8-11,16(3)4)10-15-12(17)9-14-2/h11,14H,5-10H2,1-4H3,(H,15,17). The molecule has 1 amide bonds. The molecule has 0 spiro atoms. The van der Waals surface area contributed by atoms with Gasteiger partial charge in [-0.2, -0.15) is 0 Å². The van der Waals surface area contributed by atoms with Crippen molar-refractivity contribution in [2.75, 3.05) is 34.2 Å². The van der Waals surface area contributed by atoms with E-state index >= 15 is 0 Å². The van der Waals surface area contributed by atoms with E-state index in [0.717, 1.165) is 12.5 Å². The van der Waals surface area contributed by atoms with Gasteiger partial charge < -0.3 is 15.5 Å². The highest BCUT2D eigenvalue weighted by Crippen LogP contribution is 2.35. The fourth-order valence-corrected chi connectivity index (χ4v) is 2.84. The highest BCUT2D eigenvalue weighted by atomic mass is 16.1. The van der Waals surface area contributed by atoms with E-state index in [4.69, 9.17) is 0 Å². The van der Waals surface area contributed by atoms with Crippen molar-refractivity contribution < 1.29 is 4.79 Å². The number of nitrogens with zero attached hydrogens (tertiary/aromatic N) is 1. The van der Waals surface area contributed by atoms with E-state index in [2.05, 4.69) is 36.6 Å². The first-order chi connectivity index (χ1) is 8.00. The Balaban J connectivity index is 2.56. The summed E-state index contributed by atoms with van der Waals surface area (Å²) in [6.45, 7) is 3.48. The van der Waals surface area contributed by atoms with Crippen molar-refractivity contribution >= 4 is 5.91 Å². The molecule has 1 rings (SSSR count). The maximum Gasteiger partial charge on any atom is 0.234 e. The van der Waals surface area contributed by atoms with Crippen molar-refractivity contribution in [3.8, 4) is 0 Å². The molecule has 1 aliphatic carbocycles. The van der Waals surface area contributed by atoms with E-state index in [1.54, 1.807) is 7.05 Å². The van der Waals surface area contributed by atoms with Gasteiger partial charge in [-0.1, -0.05) is 19.8 Å². The number of likely N-dealkylation sites (N-methyl/N-ethyl adjacent to an activating group) is 2. The van der Waals surface area contributed by atoms with E-state index in [1.807, 2.05) is 0 Å². The van der Waals surface area contributed by atoms with Gasteiger partial charge in [-0.15, -0.1) is 0 Å². The zero-order valence-electron chi connectivity index (χ0n) is 11.7. The van der Waals surface area contributed by atoms with Crippen LogP contribution in [0.25, 0.3) is 0 Å². The molecule has 0 aromatic carbocycles. The maximum absolute atomic E-state index is 11.5. The molecule has 1 aliphatic rings. The zero-order chi connectivity index (χ0) is 12.9. The van der Waals surface area contributed by atoms with Gasteiger partial charge in [0, 0.05) is 12.1 Å². The van der Waals surface area contributed by atoms with Crippen LogP contribution in [0.2, 0.25) is 0 Å². The number of hydrogen-bond donors (Lipinski definition) is 2. The number of carbonyl (C=O) groups is 1. The molecule has 4 nitrogen and oxygen atoms in total. The Kier molecular flexibility index (Phi) is 5.40. The molecular formula is C13H27N3O. The first-order valence-electron chi connectivity index (χ1n) is 6.59. The minimum absolute atomic E-state index is 0.0898. The monoisotopic (exact) mass is 241 g/mol. The molecule has 0 aromatic heterocycles. The SMILES string of the molecule is CNCC(=O)NCC1(N(C)C)CCCC(C)C1. The van der Waals surface area contributed by atoms with Crippen LogP contribution >= 0.6 is 0 Å². The Morgan fingerprint density at radius 2 is 2.18 bits per heavy atom. The average Bonchev–Trinajstić information content (AvgIpc) is 2.27. The molecule has 2 atom stereocenters. The van der Waals surface area contributed by atoms with Gasteiger partial charge in [0.05, 0.1) is 6.54 Å². The zero-order valence-corrected chi connectivity index (χ0v) is 11.7. The smallest absolute Gasteiger partial charge is 0.234 e. The third-order valence-electron chi connectivity index (χ3n) is 3.97. The summed E-state index contributed by atoms with van der Waals surface area (Å²) in [6, 6.07) is 0. The highest BCUT2D eigenvalue weighted by molar-refractivity contribution is 5.78. The first-order valence-corrected chi connectivity index (χ1v) is 6.59. The molecule has 1 fully saturated rings. The normalized spacial score (nSPS) is 29.4. The van der Waals surface area contributed by atoms with Gasteiger partial charge >= 0.3 is 0 Å². The van der Waals surface area contributed by atoms with Crippen LogP contribution in [-0.2, 0) is 4.79 Å². The lowest BCUT2D eigenvalue weighted by Gasteiger charge is -2.45. The van der Waals surface area contributed by atoms with Gasteiger partial charge in [0.25, 0.3) is 0 Å². The Morgan fingerprint density at radius 1 is 1.47 bits per heavy atom. The Hall–Kier alpha value is -0.610. The molecule has 100 valence electrons. The summed E-state index contributed by atoms with van der Waals surface area (Å²) < 4.78 is 0. The number of nitrogens with one attached hydrogen (secondary N) is 2. The van der Waals surface area contributed by atoms with Gasteiger partial charge in [-0.3, -0.25) is 4.79 Å². The van der Waals surface area contributed by atoms with Crippen molar-refractivity contribution in [1.29, 1.82) is 0 Å². The van der Waals surface area contributed by atoms with Crippen LogP contribution in [0.15, 0.2) is 0 Å². The van der Waals surface area contributed by atoms with Gasteiger partial charge in [0.2, 0.25) is 5.91 Å². The largest absolute Gasteiger partial charge is 0.353 e. The third kappa shape index (κ3) is 3.96. The van der Waals surface area contributed by atoms with Crippen LogP contribution < -0.4 is 10.6 Å². The van der Waals surface area contributed by atoms with E-state index in [9.17, 15) is 4.79 Å². The van der Waals surface area contributed by atoms with E-state index in [-0.39, 0.29) is 11.4 Å². The van der Waals surface area contributed by atoms with Crippen molar-refractivity contribution in [3.05, 3.63) is 0 Å². The molecule has 0 heterocycles. The van der Waals surface area contributed by atoms with E-state index < -0.39 is 0 Å². The van der Waals surface area contributed by atoms with Gasteiger partial charge in [-0.25, -0.2) is 0 Å². The Bertz CT molecular complexity index is 255. The summed E-state index contributed by atoms with van der Waals surface area (Å²) in [4.78, 5) is 13.8. The Labute approximate surface area is 105 Å². The van der Waals surface area contributed by atoms with Crippen LogP contribution in [0.1, 0.15) is 32.6 Å². The van der Waals surface area contributed by atoms with Gasteiger partial charge in [-0.05, 0) is 39.9 Å². The summed E-state index contributed by atoms with van der Waals surface area (Å²) in [7, 11) is 6.05. The second-order valence-electron chi connectivity index (χ2n) is 5.63. The quantitative estimate of drug-likeness (QED) is 0.749. The maximum atomic E-state index is 11.5. The fraction of sp³-hybridized carbons (Fsp3) is 0.923. The number of carbonyl (C=O) groups excluding carboxylic acids is 1. The topological polar surface area (TPSA) is 44.4 Å². The molecular weight excluding hydrogens is 214 g/mol. The highest BCUT2D eigenvalue weighted by Gasteiger charge is 2.36.